The lowest BCUT2D eigenvalue weighted by Crippen LogP contribution is -2.09. The molecule has 0 radical (unpaired) electrons. The number of hydrogen-bond donors (Lipinski definition) is 1. The molecule has 1 aromatic heterocycles. The third kappa shape index (κ3) is 3.49. The predicted octanol–water partition coefficient (Wildman–Crippen LogP) is 3.86. The predicted molar refractivity (Wildman–Crippen MR) is 96.1 cm³/mol. The second-order valence-electron chi connectivity index (χ2n) is 5.59. The Hall–Kier alpha value is -2.18. The minimum absolute atomic E-state index is 0.0521. The largest absolute Gasteiger partial charge is 0.363 e. The highest BCUT2D eigenvalue weighted by atomic mass is 35.5. The van der Waals surface area contributed by atoms with Crippen LogP contribution >= 0.6 is 11.6 Å². The first kappa shape index (κ1) is 16.7. The van der Waals surface area contributed by atoms with Crippen molar-refractivity contribution in [2.75, 3.05) is 11.6 Å². The lowest BCUT2D eigenvalue weighted by Gasteiger charge is -2.16. The van der Waals surface area contributed by atoms with Crippen molar-refractivity contribution in [2.24, 2.45) is 0 Å². The summed E-state index contributed by atoms with van der Waals surface area (Å²) >= 11 is 6.04. The highest BCUT2D eigenvalue weighted by Gasteiger charge is 2.13. The molecule has 0 saturated heterocycles. The standard InChI is InChI=1S/C17H16ClN3O2S/c1-11(12-4-3-5-13(18)8-12)21-17-15-9-14(24(2,22)23)6-7-16(15)19-10-20-17/h3-11H,1-2H3,(H,19,20,21). The van der Waals surface area contributed by atoms with E-state index in [1.165, 1.54) is 12.6 Å². The topological polar surface area (TPSA) is 72.0 Å². The Kier molecular flexibility index (Phi) is 4.43. The Morgan fingerprint density at radius 3 is 2.62 bits per heavy atom. The van der Waals surface area contributed by atoms with Gasteiger partial charge in [0.1, 0.15) is 12.1 Å². The van der Waals surface area contributed by atoms with E-state index in [4.69, 9.17) is 11.6 Å². The Morgan fingerprint density at radius 1 is 1.12 bits per heavy atom. The molecule has 3 rings (SSSR count). The summed E-state index contributed by atoms with van der Waals surface area (Å²) in [4.78, 5) is 8.70. The van der Waals surface area contributed by atoms with Gasteiger partial charge in [-0.05, 0) is 42.8 Å². The first-order valence-corrected chi connectivity index (χ1v) is 9.58. The van der Waals surface area contributed by atoms with Gasteiger partial charge in [0, 0.05) is 16.7 Å². The zero-order valence-electron chi connectivity index (χ0n) is 13.2. The van der Waals surface area contributed by atoms with Gasteiger partial charge in [-0.1, -0.05) is 23.7 Å². The van der Waals surface area contributed by atoms with Crippen LogP contribution in [0, 0.1) is 0 Å². The van der Waals surface area contributed by atoms with Crippen molar-refractivity contribution in [1.29, 1.82) is 0 Å². The van der Waals surface area contributed by atoms with Crippen molar-refractivity contribution in [3.05, 3.63) is 59.4 Å². The van der Waals surface area contributed by atoms with Crippen LogP contribution in [0.4, 0.5) is 5.82 Å². The van der Waals surface area contributed by atoms with Gasteiger partial charge in [-0.25, -0.2) is 18.4 Å². The number of anilines is 1. The molecule has 0 fully saturated rings. The van der Waals surface area contributed by atoms with Gasteiger partial charge in [0.2, 0.25) is 0 Å². The molecular weight excluding hydrogens is 346 g/mol. The molecule has 1 unspecified atom stereocenters. The molecule has 3 aromatic rings. The van der Waals surface area contributed by atoms with Gasteiger partial charge in [-0.2, -0.15) is 0 Å². The summed E-state index contributed by atoms with van der Waals surface area (Å²) in [6, 6.07) is 12.3. The fourth-order valence-corrected chi connectivity index (χ4v) is 3.29. The molecule has 0 amide bonds. The molecule has 0 aliphatic carbocycles. The van der Waals surface area contributed by atoms with E-state index in [0.29, 0.717) is 21.7 Å². The molecule has 2 aromatic carbocycles. The van der Waals surface area contributed by atoms with E-state index >= 15 is 0 Å². The first-order chi connectivity index (χ1) is 11.3. The van der Waals surface area contributed by atoms with Crippen molar-refractivity contribution in [2.45, 2.75) is 17.9 Å². The number of aromatic nitrogens is 2. The summed E-state index contributed by atoms with van der Waals surface area (Å²) in [5, 5.41) is 4.62. The molecule has 0 aliphatic rings. The number of hydrogen-bond acceptors (Lipinski definition) is 5. The molecule has 0 spiro atoms. The minimum atomic E-state index is -3.30. The highest BCUT2D eigenvalue weighted by Crippen LogP contribution is 2.27. The molecular formula is C17H16ClN3O2S. The van der Waals surface area contributed by atoms with Crippen LogP contribution in [-0.2, 0) is 9.84 Å². The van der Waals surface area contributed by atoms with Gasteiger partial charge in [0.05, 0.1) is 16.5 Å². The van der Waals surface area contributed by atoms with Crippen LogP contribution < -0.4 is 5.32 Å². The van der Waals surface area contributed by atoms with E-state index in [2.05, 4.69) is 15.3 Å². The number of fused-ring (bicyclic) bond motifs is 1. The summed E-state index contributed by atoms with van der Waals surface area (Å²) in [7, 11) is -3.30. The van der Waals surface area contributed by atoms with E-state index in [0.717, 1.165) is 5.56 Å². The van der Waals surface area contributed by atoms with E-state index in [1.54, 1.807) is 18.2 Å². The smallest absolute Gasteiger partial charge is 0.175 e. The Labute approximate surface area is 145 Å². The number of benzene rings is 2. The molecule has 0 saturated carbocycles. The highest BCUT2D eigenvalue weighted by molar-refractivity contribution is 7.90. The Bertz CT molecular complexity index is 1010. The average Bonchev–Trinajstić information content (AvgIpc) is 2.54. The second kappa shape index (κ2) is 6.37. The second-order valence-corrected chi connectivity index (χ2v) is 8.05. The first-order valence-electron chi connectivity index (χ1n) is 7.31. The van der Waals surface area contributed by atoms with Gasteiger partial charge < -0.3 is 5.32 Å². The third-order valence-electron chi connectivity index (χ3n) is 3.74. The van der Waals surface area contributed by atoms with Crippen molar-refractivity contribution >= 4 is 38.2 Å². The van der Waals surface area contributed by atoms with Crippen LogP contribution in [0.3, 0.4) is 0 Å². The SMILES string of the molecule is CC(Nc1ncnc2ccc(S(C)(=O)=O)cc12)c1cccc(Cl)c1. The fourth-order valence-electron chi connectivity index (χ4n) is 2.45. The summed E-state index contributed by atoms with van der Waals surface area (Å²) in [6.07, 6.45) is 2.63. The number of nitrogens with one attached hydrogen (secondary N) is 1. The van der Waals surface area contributed by atoms with Crippen LogP contribution in [0.5, 0.6) is 0 Å². The zero-order valence-corrected chi connectivity index (χ0v) is 14.8. The fraction of sp³-hybridized carbons (Fsp3) is 0.176. The van der Waals surface area contributed by atoms with Gasteiger partial charge in [-0.15, -0.1) is 0 Å². The Morgan fingerprint density at radius 2 is 1.92 bits per heavy atom. The van der Waals surface area contributed by atoms with Crippen LogP contribution in [-0.4, -0.2) is 24.6 Å². The maximum absolute atomic E-state index is 11.8. The summed E-state index contributed by atoms with van der Waals surface area (Å²) in [5.41, 5.74) is 1.69. The van der Waals surface area contributed by atoms with E-state index in [-0.39, 0.29) is 10.9 Å². The normalized spacial score (nSPS) is 13.0. The summed E-state index contributed by atoms with van der Waals surface area (Å²) in [5.74, 6) is 0.581. The maximum atomic E-state index is 11.8. The molecule has 5 nitrogen and oxygen atoms in total. The molecule has 7 heteroatoms. The van der Waals surface area contributed by atoms with Crippen molar-refractivity contribution in [3.8, 4) is 0 Å². The van der Waals surface area contributed by atoms with Gasteiger partial charge in [0.15, 0.2) is 9.84 Å². The van der Waals surface area contributed by atoms with Gasteiger partial charge >= 0.3 is 0 Å². The lowest BCUT2D eigenvalue weighted by atomic mass is 10.1. The quantitative estimate of drug-likeness (QED) is 0.763. The lowest BCUT2D eigenvalue weighted by molar-refractivity contribution is 0.602. The summed E-state index contributed by atoms with van der Waals surface area (Å²) in [6.45, 7) is 1.99. The summed E-state index contributed by atoms with van der Waals surface area (Å²) < 4.78 is 23.6. The molecule has 24 heavy (non-hydrogen) atoms. The number of halogens is 1. The Balaban J connectivity index is 2.02. The van der Waals surface area contributed by atoms with E-state index in [1.807, 2.05) is 31.2 Å². The van der Waals surface area contributed by atoms with E-state index < -0.39 is 9.84 Å². The van der Waals surface area contributed by atoms with Crippen molar-refractivity contribution < 1.29 is 8.42 Å². The number of rotatable bonds is 4. The molecule has 124 valence electrons. The molecule has 0 bridgehead atoms. The van der Waals surface area contributed by atoms with Crippen molar-refractivity contribution in [3.63, 3.8) is 0 Å². The zero-order chi connectivity index (χ0) is 17.3. The van der Waals surface area contributed by atoms with Crippen LogP contribution in [0.15, 0.2) is 53.7 Å². The maximum Gasteiger partial charge on any atom is 0.175 e. The molecule has 0 aliphatic heterocycles. The van der Waals surface area contributed by atoms with Crippen LogP contribution in [0.1, 0.15) is 18.5 Å². The minimum Gasteiger partial charge on any atom is -0.363 e. The number of sulfone groups is 1. The van der Waals surface area contributed by atoms with E-state index in [9.17, 15) is 8.42 Å². The van der Waals surface area contributed by atoms with Gasteiger partial charge in [0.25, 0.3) is 0 Å². The average molecular weight is 362 g/mol. The van der Waals surface area contributed by atoms with Crippen molar-refractivity contribution in [1.82, 2.24) is 9.97 Å². The molecule has 1 atom stereocenters. The van der Waals surface area contributed by atoms with Crippen LogP contribution in [0.2, 0.25) is 5.02 Å². The molecule has 1 heterocycles. The molecule has 1 N–H and O–H groups in total. The van der Waals surface area contributed by atoms with Gasteiger partial charge in [-0.3, -0.25) is 0 Å². The number of nitrogens with zero attached hydrogens (tertiary/aromatic N) is 2. The third-order valence-corrected chi connectivity index (χ3v) is 5.08. The monoisotopic (exact) mass is 361 g/mol. The van der Waals surface area contributed by atoms with Crippen LogP contribution in [0.25, 0.3) is 10.9 Å².